The van der Waals surface area contributed by atoms with Gasteiger partial charge in [-0.05, 0) is 43.5 Å². The van der Waals surface area contributed by atoms with Crippen molar-refractivity contribution in [2.24, 2.45) is 0 Å². The van der Waals surface area contributed by atoms with E-state index in [1.165, 1.54) is 12.5 Å². The van der Waals surface area contributed by atoms with Gasteiger partial charge in [0.15, 0.2) is 0 Å². The number of furan rings is 1. The lowest BCUT2D eigenvalue weighted by Crippen LogP contribution is -2.43. The Labute approximate surface area is 170 Å². The summed E-state index contributed by atoms with van der Waals surface area (Å²) in [4.78, 5) is 4.23. The van der Waals surface area contributed by atoms with E-state index in [4.69, 9.17) is 4.42 Å². The number of hydrogen-bond acceptors (Lipinski definition) is 6. The zero-order valence-electron chi connectivity index (χ0n) is 15.6. The quantitative estimate of drug-likeness (QED) is 0.512. The largest absolute Gasteiger partial charge is 0.472 e. The average molecular weight is 426 g/mol. The van der Waals surface area contributed by atoms with Crippen LogP contribution in [0.5, 0.6) is 0 Å². The summed E-state index contributed by atoms with van der Waals surface area (Å²) in [5, 5.41) is 15.2. The van der Waals surface area contributed by atoms with E-state index in [0.29, 0.717) is 12.1 Å². The Morgan fingerprint density at radius 1 is 1.25 bits per heavy atom. The van der Waals surface area contributed by atoms with E-state index in [1.807, 2.05) is 0 Å². The van der Waals surface area contributed by atoms with Crippen molar-refractivity contribution >= 4 is 33.2 Å². The van der Waals surface area contributed by atoms with Crippen LogP contribution in [0.4, 0.5) is 0 Å². The fraction of sp³-hybridized carbons (Fsp3) is 0.316. The van der Waals surface area contributed by atoms with E-state index in [9.17, 15) is 13.5 Å². The molecule has 1 unspecified atom stereocenters. The predicted octanol–water partition coefficient (Wildman–Crippen LogP) is 2.41. The third-order valence-corrected chi connectivity index (χ3v) is 5.93. The van der Waals surface area contributed by atoms with Gasteiger partial charge >= 0.3 is 0 Å². The minimum absolute atomic E-state index is 0. The molecule has 0 bridgehead atoms. The Balaban J connectivity index is 0.00000280. The van der Waals surface area contributed by atoms with Crippen molar-refractivity contribution in [2.75, 3.05) is 13.1 Å². The minimum Gasteiger partial charge on any atom is -0.472 e. The Hall–Kier alpha value is -1.97. The average Bonchev–Trinajstić information content (AvgIpc) is 3.16. The molecule has 9 heteroatoms. The van der Waals surface area contributed by atoms with Gasteiger partial charge in [0.05, 0.1) is 17.4 Å². The molecule has 3 N–H and O–H groups in total. The Kier molecular flexibility index (Phi) is 7.19. The molecule has 0 spiro atoms. The van der Waals surface area contributed by atoms with Crippen LogP contribution < -0.4 is 10.0 Å². The summed E-state index contributed by atoms with van der Waals surface area (Å²) in [6.07, 6.45) is 6.31. The zero-order chi connectivity index (χ0) is 19.5. The molecule has 0 saturated heterocycles. The first kappa shape index (κ1) is 22.3. The molecule has 0 fully saturated rings. The van der Waals surface area contributed by atoms with Crippen molar-refractivity contribution in [1.82, 2.24) is 15.0 Å². The molecule has 0 saturated carbocycles. The highest BCUT2D eigenvalue weighted by Crippen LogP contribution is 2.20. The fourth-order valence-corrected chi connectivity index (χ4v) is 4.09. The van der Waals surface area contributed by atoms with Crippen LogP contribution in [0.3, 0.4) is 0 Å². The van der Waals surface area contributed by atoms with Gasteiger partial charge in [0.2, 0.25) is 10.0 Å². The number of nitrogens with one attached hydrogen (secondary N) is 2. The van der Waals surface area contributed by atoms with Crippen LogP contribution >= 0.6 is 12.4 Å². The monoisotopic (exact) mass is 425 g/mol. The number of aromatic nitrogens is 1. The number of aliphatic hydroxyl groups is 1. The van der Waals surface area contributed by atoms with Crippen LogP contribution in [-0.4, -0.2) is 37.6 Å². The molecule has 3 aromatic rings. The summed E-state index contributed by atoms with van der Waals surface area (Å²) in [6.45, 7) is 4.07. The number of rotatable bonds is 8. The SMILES string of the molecule is C[C@H](CNCC(C)(O)c1ccoc1)NS(=O)(=O)c1ccc2cnccc2c1.Cl. The van der Waals surface area contributed by atoms with Crippen molar-refractivity contribution in [2.45, 2.75) is 30.4 Å². The number of sulfonamides is 1. The van der Waals surface area contributed by atoms with E-state index in [1.54, 1.807) is 56.6 Å². The molecule has 7 nitrogen and oxygen atoms in total. The first-order chi connectivity index (χ1) is 12.8. The molecule has 152 valence electrons. The topological polar surface area (TPSA) is 104 Å². The van der Waals surface area contributed by atoms with Crippen molar-refractivity contribution in [3.63, 3.8) is 0 Å². The third-order valence-electron chi connectivity index (χ3n) is 4.34. The van der Waals surface area contributed by atoms with Gasteiger partial charge in [-0.1, -0.05) is 6.07 Å². The smallest absolute Gasteiger partial charge is 0.240 e. The van der Waals surface area contributed by atoms with Gasteiger partial charge in [-0.25, -0.2) is 13.1 Å². The summed E-state index contributed by atoms with van der Waals surface area (Å²) in [5.74, 6) is 0. The molecule has 28 heavy (non-hydrogen) atoms. The molecular formula is C19H24ClN3O4S. The lowest BCUT2D eigenvalue weighted by atomic mass is 9.99. The van der Waals surface area contributed by atoms with Crippen LogP contribution in [0.15, 0.2) is 64.6 Å². The lowest BCUT2D eigenvalue weighted by molar-refractivity contribution is 0.0562. The normalized spacial score (nSPS) is 15.0. The number of benzene rings is 1. The lowest BCUT2D eigenvalue weighted by Gasteiger charge is -2.23. The standard InChI is InChI=1S/C19H23N3O4S.ClH/c1-14(10-21-13-19(2,23)17-6-8-26-12-17)22-27(24,25)18-4-3-16-11-20-7-5-15(16)9-18;/h3-9,11-12,14,21-23H,10,13H2,1-2H3;1H/t14-,19?;/m1./s1. The van der Waals surface area contributed by atoms with Crippen LogP contribution in [-0.2, 0) is 15.6 Å². The zero-order valence-corrected chi connectivity index (χ0v) is 17.3. The van der Waals surface area contributed by atoms with Gasteiger partial charge in [-0.15, -0.1) is 12.4 Å². The summed E-state index contributed by atoms with van der Waals surface area (Å²) in [5.41, 5.74) is -0.438. The van der Waals surface area contributed by atoms with E-state index in [-0.39, 0.29) is 29.9 Å². The van der Waals surface area contributed by atoms with E-state index in [0.717, 1.165) is 10.8 Å². The molecule has 0 aliphatic heterocycles. The second-order valence-corrected chi connectivity index (χ2v) is 8.54. The van der Waals surface area contributed by atoms with Crippen molar-refractivity contribution < 1.29 is 17.9 Å². The van der Waals surface area contributed by atoms with Crippen LogP contribution in [0, 0.1) is 0 Å². The molecule has 0 aliphatic carbocycles. The van der Waals surface area contributed by atoms with Gasteiger partial charge in [-0.2, -0.15) is 0 Å². The van der Waals surface area contributed by atoms with Crippen LogP contribution in [0.1, 0.15) is 19.4 Å². The van der Waals surface area contributed by atoms with Gasteiger partial charge in [0, 0.05) is 42.5 Å². The van der Waals surface area contributed by atoms with Gasteiger partial charge in [0.25, 0.3) is 0 Å². The maximum absolute atomic E-state index is 12.6. The maximum Gasteiger partial charge on any atom is 0.240 e. The molecule has 2 atom stereocenters. The summed E-state index contributed by atoms with van der Waals surface area (Å²) >= 11 is 0. The van der Waals surface area contributed by atoms with E-state index in [2.05, 4.69) is 15.0 Å². The summed E-state index contributed by atoms with van der Waals surface area (Å²) in [7, 11) is -3.65. The molecular weight excluding hydrogens is 402 g/mol. The highest BCUT2D eigenvalue weighted by Gasteiger charge is 2.24. The van der Waals surface area contributed by atoms with Crippen LogP contribution in [0.2, 0.25) is 0 Å². The van der Waals surface area contributed by atoms with Crippen molar-refractivity contribution in [3.05, 3.63) is 60.8 Å². The number of nitrogens with zero attached hydrogens (tertiary/aromatic N) is 1. The number of halogens is 1. The Bertz CT molecular complexity index is 1010. The van der Waals surface area contributed by atoms with E-state index >= 15 is 0 Å². The fourth-order valence-electron chi connectivity index (χ4n) is 2.81. The number of pyridine rings is 1. The molecule has 0 amide bonds. The second kappa shape index (κ2) is 9.02. The molecule has 0 radical (unpaired) electrons. The maximum atomic E-state index is 12.6. The first-order valence-electron chi connectivity index (χ1n) is 8.60. The predicted molar refractivity (Wildman–Crippen MR) is 110 cm³/mol. The van der Waals surface area contributed by atoms with Gasteiger partial charge < -0.3 is 14.8 Å². The third kappa shape index (κ3) is 5.30. The first-order valence-corrected chi connectivity index (χ1v) is 10.1. The molecule has 2 heterocycles. The molecule has 1 aromatic carbocycles. The van der Waals surface area contributed by atoms with Gasteiger partial charge in [-0.3, -0.25) is 4.98 Å². The molecule has 2 aromatic heterocycles. The van der Waals surface area contributed by atoms with E-state index < -0.39 is 15.6 Å². The van der Waals surface area contributed by atoms with Crippen molar-refractivity contribution in [3.8, 4) is 0 Å². The molecule has 0 aliphatic rings. The highest BCUT2D eigenvalue weighted by molar-refractivity contribution is 7.89. The summed E-state index contributed by atoms with van der Waals surface area (Å²) < 4.78 is 32.9. The highest BCUT2D eigenvalue weighted by atomic mass is 35.5. The number of fused-ring (bicyclic) bond motifs is 1. The number of hydrogen-bond donors (Lipinski definition) is 3. The molecule has 3 rings (SSSR count). The van der Waals surface area contributed by atoms with Gasteiger partial charge in [0.1, 0.15) is 5.60 Å². The Morgan fingerprint density at radius 3 is 2.75 bits per heavy atom. The van der Waals surface area contributed by atoms with Crippen molar-refractivity contribution in [1.29, 1.82) is 0 Å². The van der Waals surface area contributed by atoms with Crippen LogP contribution in [0.25, 0.3) is 10.8 Å². The Morgan fingerprint density at radius 2 is 2.04 bits per heavy atom. The second-order valence-electron chi connectivity index (χ2n) is 6.82. The minimum atomic E-state index is -3.65. The summed E-state index contributed by atoms with van der Waals surface area (Å²) in [6, 6.07) is 8.05.